The van der Waals surface area contributed by atoms with Gasteiger partial charge in [0, 0.05) is 38.4 Å². The molecule has 0 saturated heterocycles. The molecule has 0 aliphatic heterocycles. The van der Waals surface area contributed by atoms with Crippen molar-refractivity contribution >= 4 is 35.8 Å². The molecule has 0 heterocycles. The zero-order valence-electron chi connectivity index (χ0n) is 19.6. The van der Waals surface area contributed by atoms with Crippen LogP contribution in [0.2, 0.25) is 0 Å². The molecule has 1 aromatic carbocycles. The lowest BCUT2D eigenvalue weighted by Crippen LogP contribution is -2.43. The van der Waals surface area contributed by atoms with E-state index in [1.807, 2.05) is 31.2 Å². The summed E-state index contributed by atoms with van der Waals surface area (Å²) in [6, 6.07) is 7.90. The molecule has 1 aliphatic carbocycles. The Morgan fingerprint density at radius 1 is 1.23 bits per heavy atom. The molecule has 1 fully saturated rings. The highest BCUT2D eigenvalue weighted by Crippen LogP contribution is 2.40. The van der Waals surface area contributed by atoms with Gasteiger partial charge in [-0.05, 0) is 62.6 Å². The van der Waals surface area contributed by atoms with Crippen LogP contribution in [0.25, 0.3) is 0 Å². The fraction of sp³-hybridized carbons (Fsp3) is 0.667. The molecular formula is C24H41IN4O2. The van der Waals surface area contributed by atoms with E-state index < -0.39 is 0 Å². The molecule has 1 saturated carbocycles. The fourth-order valence-electron chi connectivity index (χ4n) is 3.96. The number of rotatable bonds is 11. The topological polar surface area (TPSA) is 74.8 Å². The van der Waals surface area contributed by atoms with E-state index in [1.54, 1.807) is 7.11 Å². The minimum atomic E-state index is -0.0264. The Kier molecular flexibility index (Phi) is 13.1. The van der Waals surface area contributed by atoms with Crippen LogP contribution >= 0.6 is 24.0 Å². The largest absolute Gasteiger partial charge is 0.385 e. The predicted octanol–water partition coefficient (Wildman–Crippen LogP) is 4.48. The second-order valence-electron chi connectivity index (χ2n) is 8.48. The zero-order chi connectivity index (χ0) is 21.8. The van der Waals surface area contributed by atoms with E-state index in [-0.39, 0.29) is 35.9 Å². The molecule has 1 amide bonds. The summed E-state index contributed by atoms with van der Waals surface area (Å²) in [4.78, 5) is 17.2. The van der Waals surface area contributed by atoms with Gasteiger partial charge in [-0.25, -0.2) is 4.99 Å². The van der Waals surface area contributed by atoms with Gasteiger partial charge >= 0.3 is 0 Å². The molecule has 0 bridgehead atoms. The molecule has 31 heavy (non-hydrogen) atoms. The number of aliphatic imine (C=N–C) groups is 1. The number of benzene rings is 1. The Bertz CT molecular complexity index is 690. The minimum Gasteiger partial charge on any atom is -0.385 e. The van der Waals surface area contributed by atoms with Gasteiger partial charge < -0.3 is 20.7 Å². The minimum absolute atomic E-state index is 0. The number of nitrogens with one attached hydrogen (secondary N) is 3. The molecule has 0 spiro atoms. The summed E-state index contributed by atoms with van der Waals surface area (Å²) >= 11 is 0. The maximum absolute atomic E-state index is 12.4. The van der Waals surface area contributed by atoms with E-state index in [2.05, 4.69) is 29.8 Å². The highest BCUT2D eigenvalue weighted by molar-refractivity contribution is 14.0. The van der Waals surface area contributed by atoms with E-state index in [0.29, 0.717) is 17.5 Å². The standard InChI is InChI=1S/C24H40N4O2.HI/c1-5-19(3)28-22(29)21-11-9-10-20(16-21)17-26-23(25-6-2)27-18-24(14-15-30-4)12-7-8-13-24;/h9-11,16,19H,5-8,12-15,17-18H2,1-4H3,(H,28,29)(H2,25,26,27);1H. The average Bonchev–Trinajstić information content (AvgIpc) is 3.23. The van der Waals surface area contributed by atoms with Crippen LogP contribution in [0.4, 0.5) is 0 Å². The third-order valence-corrected chi connectivity index (χ3v) is 6.07. The predicted molar refractivity (Wildman–Crippen MR) is 139 cm³/mol. The van der Waals surface area contributed by atoms with E-state index in [1.165, 1.54) is 25.7 Å². The maximum Gasteiger partial charge on any atom is 0.251 e. The first-order valence-electron chi connectivity index (χ1n) is 11.4. The Hall–Kier alpha value is -1.35. The Labute approximate surface area is 205 Å². The third kappa shape index (κ3) is 9.35. The van der Waals surface area contributed by atoms with Crippen molar-refractivity contribution in [1.29, 1.82) is 0 Å². The lowest BCUT2D eigenvalue weighted by atomic mass is 9.83. The summed E-state index contributed by atoms with van der Waals surface area (Å²) in [7, 11) is 1.78. The second-order valence-corrected chi connectivity index (χ2v) is 8.48. The van der Waals surface area contributed by atoms with Crippen molar-refractivity contribution in [2.24, 2.45) is 10.4 Å². The Balaban J connectivity index is 0.00000480. The molecule has 0 aromatic heterocycles. The van der Waals surface area contributed by atoms with Gasteiger partial charge in [0.1, 0.15) is 0 Å². The lowest BCUT2D eigenvalue weighted by Gasteiger charge is -2.30. The van der Waals surface area contributed by atoms with Crippen LogP contribution in [0.3, 0.4) is 0 Å². The average molecular weight is 545 g/mol. The van der Waals surface area contributed by atoms with E-state index in [0.717, 1.165) is 44.1 Å². The Morgan fingerprint density at radius 2 is 1.97 bits per heavy atom. The lowest BCUT2D eigenvalue weighted by molar-refractivity contribution is 0.0939. The van der Waals surface area contributed by atoms with Gasteiger partial charge in [0.2, 0.25) is 0 Å². The van der Waals surface area contributed by atoms with Crippen molar-refractivity contribution in [3.8, 4) is 0 Å². The van der Waals surface area contributed by atoms with E-state index >= 15 is 0 Å². The van der Waals surface area contributed by atoms with E-state index in [4.69, 9.17) is 9.73 Å². The molecule has 0 radical (unpaired) electrons. The van der Waals surface area contributed by atoms with Crippen LogP contribution in [0.5, 0.6) is 0 Å². The number of amides is 1. The first-order chi connectivity index (χ1) is 14.5. The summed E-state index contributed by atoms with van der Waals surface area (Å²) in [5, 5.41) is 9.93. The monoisotopic (exact) mass is 544 g/mol. The van der Waals surface area contributed by atoms with Crippen molar-refractivity contribution < 1.29 is 9.53 Å². The van der Waals surface area contributed by atoms with Crippen LogP contribution in [-0.2, 0) is 11.3 Å². The molecule has 2 rings (SSSR count). The maximum atomic E-state index is 12.4. The van der Waals surface area contributed by atoms with Crippen LogP contribution < -0.4 is 16.0 Å². The number of hydrogen-bond acceptors (Lipinski definition) is 3. The summed E-state index contributed by atoms with van der Waals surface area (Å²) in [5.41, 5.74) is 2.02. The smallest absolute Gasteiger partial charge is 0.251 e. The van der Waals surface area contributed by atoms with Crippen LogP contribution in [0.1, 0.15) is 75.2 Å². The molecule has 1 aromatic rings. The van der Waals surface area contributed by atoms with Gasteiger partial charge in [-0.3, -0.25) is 4.79 Å². The quantitative estimate of drug-likeness (QED) is 0.218. The van der Waals surface area contributed by atoms with Crippen molar-refractivity contribution in [2.45, 2.75) is 71.9 Å². The molecule has 3 N–H and O–H groups in total. The van der Waals surface area contributed by atoms with Crippen LogP contribution in [0.15, 0.2) is 29.3 Å². The number of guanidine groups is 1. The molecule has 7 heteroatoms. The molecule has 1 aliphatic rings. The normalized spacial score (nSPS) is 16.3. The van der Waals surface area contributed by atoms with Gasteiger partial charge in [0.05, 0.1) is 6.54 Å². The van der Waals surface area contributed by atoms with Gasteiger partial charge in [0.25, 0.3) is 5.91 Å². The molecule has 176 valence electrons. The van der Waals surface area contributed by atoms with Crippen LogP contribution in [0, 0.1) is 5.41 Å². The van der Waals surface area contributed by atoms with Gasteiger partial charge in [0.15, 0.2) is 5.96 Å². The molecule has 6 nitrogen and oxygen atoms in total. The van der Waals surface area contributed by atoms with Crippen LogP contribution in [-0.4, -0.2) is 44.7 Å². The van der Waals surface area contributed by atoms with Crippen molar-refractivity contribution in [3.05, 3.63) is 35.4 Å². The molecule has 1 unspecified atom stereocenters. The first kappa shape index (κ1) is 27.7. The summed E-state index contributed by atoms with van der Waals surface area (Å²) < 4.78 is 5.34. The number of halogens is 1. The van der Waals surface area contributed by atoms with Crippen molar-refractivity contribution in [1.82, 2.24) is 16.0 Å². The SMILES string of the molecule is CCNC(=NCc1cccc(C(=O)NC(C)CC)c1)NCC1(CCOC)CCCC1.I. The van der Waals surface area contributed by atoms with E-state index in [9.17, 15) is 4.79 Å². The first-order valence-corrected chi connectivity index (χ1v) is 11.4. The highest BCUT2D eigenvalue weighted by Gasteiger charge is 2.33. The third-order valence-electron chi connectivity index (χ3n) is 6.07. The summed E-state index contributed by atoms with van der Waals surface area (Å²) in [6.07, 6.45) is 7.09. The van der Waals surface area contributed by atoms with Crippen molar-refractivity contribution in [2.75, 3.05) is 26.8 Å². The van der Waals surface area contributed by atoms with Crippen molar-refractivity contribution in [3.63, 3.8) is 0 Å². The van der Waals surface area contributed by atoms with Gasteiger partial charge in [-0.15, -0.1) is 24.0 Å². The van der Waals surface area contributed by atoms with Gasteiger partial charge in [-0.2, -0.15) is 0 Å². The Morgan fingerprint density at radius 3 is 2.61 bits per heavy atom. The number of nitrogens with zero attached hydrogens (tertiary/aromatic N) is 1. The number of carbonyl (C=O) groups excluding carboxylic acids is 1. The number of carbonyl (C=O) groups is 1. The summed E-state index contributed by atoms with van der Waals surface area (Å²) in [6.45, 7) is 9.23. The fourth-order valence-corrected chi connectivity index (χ4v) is 3.96. The number of ether oxygens (including phenoxy) is 1. The summed E-state index contributed by atoms with van der Waals surface area (Å²) in [5.74, 6) is 0.803. The number of hydrogen-bond donors (Lipinski definition) is 3. The van der Waals surface area contributed by atoms with Gasteiger partial charge in [-0.1, -0.05) is 31.9 Å². The molecular weight excluding hydrogens is 503 g/mol. The molecule has 1 atom stereocenters. The zero-order valence-corrected chi connectivity index (χ0v) is 22.0. The number of methoxy groups -OCH3 is 1. The second kappa shape index (κ2) is 14.7. The highest BCUT2D eigenvalue weighted by atomic mass is 127.